The zero-order valence-corrected chi connectivity index (χ0v) is 16.6. The van der Waals surface area contributed by atoms with Gasteiger partial charge in [-0.15, -0.1) is 10.2 Å². The molecule has 0 aliphatic heterocycles. The van der Waals surface area contributed by atoms with Crippen molar-refractivity contribution in [1.82, 2.24) is 20.8 Å². The molecule has 0 saturated carbocycles. The molecule has 10 heteroatoms. The van der Waals surface area contributed by atoms with E-state index in [1.807, 2.05) is 45.0 Å². The number of aromatic nitrogens is 2. The van der Waals surface area contributed by atoms with Crippen molar-refractivity contribution in [3.8, 4) is 5.75 Å². The number of urea groups is 1. The highest BCUT2D eigenvalue weighted by molar-refractivity contribution is 8.01. The molecular weight excluding hydrogens is 374 g/mol. The van der Waals surface area contributed by atoms with Gasteiger partial charge in [-0.2, -0.15) is 0 Å². The first-order valence-corrected chi connectivity index (χ1v) is 9.55. The van der Waals surface area contributed by atoms with Crippen LogP contribution in [0.15, 0.2) is 28.6 Å². The summed E-state index contributed by atoms with van der Waals surface area (Å²) >= 11 is 2.55. The number of benzene rings is 1. The van der Waals surface area contributed by atoms with Crippen molar-refractivity contribution < 1.29 is 14.3 Å². The molecule has 26 heavy (non-hydrogen) atoms. The molecule has 140 valence electrons. The molecule has 8 nitrogen and oxygen atoms in total. The second-order valence-corrected chi connectivity index (χ2v) is 8.47. The Bertz CT molecular complexity index is 756. The van der Waals surface area contributed by atoms with Crippen molar-refractivity contribution in [3.63, 3.8) is 0 Å². The zero-order valence-electron chi connectivity index (χ0n) is 15.0. The molecule has 0 spiro atoms. The number of imide groups is 1. The lowest BCUT2D eigenvalue weighted by Crippen LogP contribution is -2.48. The van der Waals surface area contributed by atoms with E-state index in [2.05, 4.69) is 26.1 Å². The molecule has 1 heterocycles. The predicted molar refractivity (Wildman–Crippen MR) is 103 cm³/mol. The lowest BCUT2D eigenvalue weighted by Gasteiger charge is -2.20. The minimum absolute atomic E-state index is 0.0781. The summed E-state index contributed by atoms with van der Waals surface area (Å²) in [6.07, 6.45) is 0. The Hall–Kier alpha value is -2.33. The van der Waals surface area contributed by atoms with Gasteiger partial charge >= 0.3 is 6.03 Å². The molecule has 0 bridgehead atoms. The predicted octanol–water partition coefficient (Wildman–Crippen LogP) is 3.01. The highest BCUT2D eigenvalue weighted by Crippen LogP contribution is 2.28. The van der Waals surface area contributed by atoms with Crippen LogP contribution in [0.4, 0.5) is 15.6 Å². The van der Waals surface area contributed by atoms with E-state index in [-0.39, 0.29) is 5.75 Å². The van der Waals surface area contributed by atoms with E-state index in [1.165, 1.54) is 23.1 Å². The number of hydrogen-bond donors (Lipinski definition) is 3. The Morgan fingerprint density at radius 3 is 2.50 bits per heavy atom. The van der Waals surface area contributed by atoms with E-state index in [4.69, 9.17) is 4.74 Å². The fourth-order valence-electron chi connectivity index (χ4n) is 1.78. The van der Waals surface area contributed by atoms with E-state index in [9.17, 15) is 9.59 Å². The molecule has 1 aromatic carbocycles. The maximum atomic E-state index is 11.8. The minimum Gasteiger partial charge on any atom is -0.497 e. The highest BCUT2D eigenvalue weighted by Gasteiger charge is 2.16. The van der Waals surface area contributed by atoms with Crippen LogP contribution in [0.5, 0.6) is 5.75 Å². The summed E-state index contributed by atoms with van der Waals surface area (Å²) < 4.78 is 5.74. The van der Waals surface area contributed by atoms with Gasteiger partial charge in [0.25, 0.3) is 0 Å². The molecule has 2 rings (SSSR count). The fraction of sp³-hybridized carbons (Fsp3) is 0.375. The van der Waals surface area contributed by atoms with Crippen molar-refractivity contribution in [1.29, 1.82) is 0 Å². The summed E-state index contributed by atoms with van der Waals surface area (Å²) in [5, 5.41) is 16.7. The Morgan fingerprint density at radius 2 is 1.88 bits per heavy atom. The smallest absolute Gasteiger partial charge is 0.321 e. The molecule has 0 aliphatic rings. The van der Waals surface area contributed by atoms with Gasteiger partial charge in [-0.25, -0.2) is 4.79 Å². The van der Waals surface area contributed by atoms with Gasteiger partial charge in [-0.1, -0.05) is 23.1 Å². The molecule has 1 aromatic heterocycles. The molecule has 0 saturated heterocycles. The summed E-state index contributed by atoms with van der Waals surface area (Å²) in [5.74, 6) is 0.455. The number of carbonyl (C=O) groups excluding carboxylic acids is 2. The number of nitrogens with zero attached hydrogens (tertiary/aromatic N) is 2. The highest BCUT2D eigenvalue weighted by atomic mass is 32.2. The van der Waals surface area contributed by atoms with Crippen molar-refractivity contribution in [2.75, 3.05) is 18.2 Å². The normalized spacial score (nSPS) is 10.9. The van der Waals surface area contributed by atoms with E-state index in [0.29, 0.717) is 9.47 Å². The topological polar surface area (TPSA) is 105 Å². The third-order valence-corrected chi connectivity index (χ3v) is 4.79. The van der Waals surface area contributed by atoms with Gasteiger partial charge in [0.05, 0.1) is 12.9 Å². The Labute approximate surface area is 160 Å². The van der Waals surface area contributed by atoms with Crippen LogP contribution in [0.25, 0.3) is 0 Å². The number of amides is 3. The molecule has 0 unspecified atom stereocenters. The van der Waals surface area contributed by atoms with E-state index in [1.54, 1.807) is 7.11 Å². The van der Waals surface area contributed by atoms with Gasteiger partial charge in [0.2, 0.25) is 11.0 Å². The van der Waals surface area contributed by atoms with Crippen molar-refractivity contribution in [3.05, 3.63) is 24.3 Å². The van der Waals surface area contributed by atoms with Crippen molar-refractivity contribution >= 4 is 45.9 Å². The summed E-state index contributed by atoms with van der Waals surface area (Å²) in [5.41, 5.74) is 0.453. The summed E-state index contributed by atoms with van der Waals surface area (Å²) in [6.45, 7) is 5.51. The third-order valence-electron chi connectivity index (χ3n) is 2.82. The molecule has 2 aromatic rings. The maximum absolute atomic E-state index is 11.8. The van der Waals surface area contributed by atoms with Crippen LogP contribution in [0.2, 0.25) is 0 Å². The van der Waals surface area contributed by atoms with Crippen LogP contribution in [-0.4, -0.2) is 40.5 Å². The van der Waals surface area contributed by atoms with E-state index >= 15 is 0 Å². The van der Waals surface area contributed by atoms with Gasteiger partial charge in [0.1, 0.15) is 5.75 Å². The Balaban J connectivity index is 1.80. The standard InChI is InChI=1S/C16H21N5O3S2/c1-16(2,3)19-13(23)18-12(22)9-25-15-21-20-14(26-15)17-10-5-7-11(24-4)8-6-10/h5-8H,9H2,1-4H3,(H,17,20)(H2,18,19,22,23). The number of thioether (sulfide) groups is 1. The first kappa shape index (κ1) is 20.0. The molecule has 3 amide bonds. The number of hydrogen-bond acceptors (Lipinski definition) is 8. The average molecular weight is 396 g/mol. The molecule has 0 aliphatic carbocycles. The molecule has 0 radical (unpaired) electrons. The van der Waals surface area contributed by atoms with Crippen LogP contribution in [0, 0.1) is 0 Å². The maximum Gasteiger partial charge on any atom is 0.321 e. The van der Waals surface area contributed by atoms with E-state index < -0.39 is 17.5 Å². The van der Waals surface area contributed by atoms with E-state index in [0.717, 1.165) is 11.4 Å². The number of ether oxygens (including phenoxy) is 1. The first-order valence-electron chi connectivity index (χ1n) is 7.74. The Kier molecular flexibility index (Phi) is 6.81. The SMILES string of the molecule is COc1ccc(Nc2nnc(SCC(=O)NC(=O)NC(C)(C)C)s2)cc1. The monoisotopic (exact) mass is 395 g/mol. The van der Waals surface area contributed by atoms with Crippen LogP contribution >= 0.6 is 23.1 Å². The van der Waals surface area contributed by atoms with Crippen LogP contribution in [0.1, 0.15) is 20.8 Å². The lowest BCUT2D eigenvalue weighted by molar-refractivity contribution is -0.117. The number of carbonyl (C=O) groups is 2. The lowest BCUT2D eigenvalue weighted by atomic mass is 10.1. The molecule has 0 atom stereocenters. The van der Waals surface area contributed by atoms with Gasteiger partial charge < -0.3 is 15.4 Å². The first-order chi connectivity index (χ1) is 12.2. The quantitative estimate of drug-likeness (QED) is 0.646. The number of rotatable bonds is 6. The van der Waals surface area contributed by atoms with Gasteiger partial charge in [-0.3, -0.25) is 10.1 Å². The van der Waals surface area contributed by atoms with Crippen molar-refractivity contribution in [2.24, 2.45) is 0 Å². The average Bonchev–Trinajstić information content (AvgIpc) is 2.99. The van der Waals surface area contributed by atoms with Crippen molar-refractivity contribution in [2.45, 2.75) is 30.6 Å². The summed E-state index contributed by atoms with van der Waals surface area (Å²) in [6, 6.07) is 6.91. The largest absolute Gasteiger partial charge is 0.497 e. The zero-order chi connectivity index (χ0) is 19.2. The third kappa shape index (κ3) is 6.89. The fourth-order valence-corrected chi connectivity index (χ4v) is 3.35. The molecule has 0 fully saturated rings. The summed E-state index contributed by atoms with van der Waals surface area (Å²) in [7, 11) is 1.61. The minimum atomic E-state index is -0.512. The molecular formula is C16H21N5O3S2. The number of nitrogens with one attached hydrogen (secondary N) is 3. The molecule has 3 N–H and O–H groups in total. The second kappa shape index (κ2) is 8.86. The summed E-state index contributed by atoms with van der Waals surface area (Å²) in [4.78, 5) is 23.4. The van der Waals surface area contributed by atoms with Gasteiger partial charge in [0, 0.05) is 11.2 Å². The van der Waals surface area contributed by atoms with Gasteiger partial charge in [0.15, 0.2) is 4.34 Å². The van der Waals surface area contributed by atoms with Crippen LogP contribution in [0.3, 0.4) is 0 Å². The van der Waals surface area contributed by atoms with Crippen LogP contribution in [-0.2, 0) is 4.79 Å². The van der Waals surface area contributed by atoms with Crippen LogP contribution < -0.4 is 20.7 Å². The second-order valence-electron chi connectivity index (χ2n) is 6.27. The van der Waals surface area contributed by atoms with Gasteiger partial charge in [-0.05, 0) is 45.0 Å². The number of anilines is 2. The number of methoxy groups -OCH3 is 1. The Morgan fingerprint density at radius 1 is 1.19 bits per heavy atom.